The van der Waals surface area contributed by atoms with Crippen molar-refractivity contribution < 1.29 is 4.74 Å². The summed E-state index contributed by atoms with van der Waals surface area (Å²) < 4.78 is 6.02. The first-order chi connectivity index (χ1) is 13.3. The molecule has 4 rings (SSSR count). The largest absolute Gasteiger partial charge is 0.489 e. The number of fused-ring (bicyclic) bond motifs is 1. The Morgan fingerprint density at radius 3 is 2.33 bits per heavy atom. The van der Waals surface area contributed by atoms with E-state index in [1.165, 1.54) is 33.2 Å². The minimum atomic E-state index is 0.572. The second-order valence-corrected chi connectivity index (χ2v) is 6.74. The molecule has 0 bridgehead atoms. The van der Waals surface area contributed by atoms with Crippen LogP contribution in [0.1, 0.15) is 16.7 Å². The summed E-state index contributed by atoms with van der Waals surface area (Å²) in [6.45, 7) is 3.49. The van der Waals surface area contributed by atoms with E-state index in [1.807, 2.05) is 12.1 Å². The summed E-state index contributed by atoms with van der Waals surface area (Å²) in [5.41, 5.74) is 4.87. The highest BCUT2D eigenvalue weighted by atomic mass is 16.5. The second kappa shape index (κ2) is 7.96. The fraction of sp³-hybridized carbons (Fsp3) is 0.120. The smallest absolute Gasteiger partial charge is 0.119 e. The molecule has 0 radical (unpaired) electrons. The fourth-order valence-electron chi connectivity index (χ4n) is 3.25. The molecule has 0 fully saturated rings. The van der Waals surface area contributed by atoms with E-state index in [0.717, 1.165) is 12.3 Å². The zero-order chi connectivity index (χ0) is 18.5. The molecule has 1 N–H and O–H groups in total. The third kappa shape index (κ3) is 4.12. The number of rotatable bonds is 6. The molecule has 0 unspecified atom stereocenters. The van der Waals surface area contributed by atoms with E-state index in [-0.39, 0.29) is 0 Å². The Labute approximate surface area is 160 Å². The lowest BCUT2D eigenvalue weighted by atomic mass is 10.1. The zero-order valence-electron chi connectivity index (χ0n) is 15.5. The van der Waals surface area contributed by atoms with Gasteiger partial charge in [0, 0.05) is 12.2 Å². The van der Waals surface area contributed by atoms with Gasteiger partial charge >= 0.3 is 0 Å². The van der Waals surface area contributed by atoms with E-state index in [2.05, 4.69) is 91.1 Å². The van der Waals surface area contributed by atoms with Gasteiger partial charge in [0.15, 0.2) is 0 Å². The summed E-state index contributed by atoms with van der Waals surface area (Å²) in [7, 11) is 0. The van der Waals surface area contributed by atoms with Crippen LogP contribution in [0.25, 0.3) is 10.8 Å². The minimum Gasteiger partial charge on any atom is -0.489 e. The summed E-state index contributed by atoms with van der Waals surface area (Å²) in [5, 5.41) is 5.98. The quantitative estimate of drug-likeness (QED) is 0.437. The first kappa shape index (κ1) is 17.2. The van der Waals surface area contributed by atoms with Gasteiger partial charge in [-0.25, -0.2) is 0 Å². The molecule has 0 saturated carbocycles. The Morgan fingerprint density at radius 2 is 1.48 bits per heavy atom. The molecule has 134 valence electrons. The number of hydrogen-bond acceptors (Lipinski definition) is 2. The summed E-state index contributed by atoms with van der Waals surface area (Å²) in [4.78, 5) is 0. The number of aryl methyl sites for hydroxylation is 1. The molecule has 0 aliphatic carbocycles. The predicted molar refractivity (Wildman–Crippen MR) is 113 cm³/mol. The Hall–Kier alpha value is -3.26. The number of hydrogen-bond donors (Lipinski definition) is 1. The predicted octanol–water partition coefficient (Wildman–Crippen LogP) is 6.34. The van der Waals surface area contributed by atoms with Crippen molar-refractivity contribution in [2.24, 2.45) is 0 Å². The van der Waals surface area contributed by atoms with Crippen molar-refractivity contribution in [3.8, 4) is 5.75 Å². The molecule has 0 heterocycles. The van der Waals surface area contributed by atoms with Crippen molar-refractivity contribution in [2.75, 3.05) is 5.32 Å². The number of benzene rings is 4. The third-order valence-corrected chi connectivity index (χ3v) is 4.83. The molecule has 2 nitrogen and oxygen atoms in total. The topological polar surface area (TPSA) is 21.3 Å². The van der Waals surface area contributed by atoms with Crippen LogP contribution in [0.5, 0.6) is 5.75 Å². The van der Waals surface area contributed by atoms with Crippen LogP contribution in [-0.2, 0) is 13.2 Å². The monoisotopic (exact) mass is 353 g/mol. The summed E-state index contributed by atoms with van der Waals surface area (Å²) in [6.07, 6.45) is 0. The van der Waals surface area contributed by atoms with Crippen molar-refractivity contribution in [1.29, 1.82) is 0 Å². The van der Waals surface area contributed by atoms with E-state index in [9.17, 15) is 0 Å². The summed E-state index contributed by atoms with van der Waals surface area (Å²) in [5.74, 6) is 0.891. The molecule has 4 aromatic rings. The SMILES string of the molecule is Cc1ccccc1NCc1ccc(OCc2cccc3ccccc23)cc1. The minimum absolute atomic E-state index is 0.572. The number of nitrogens with one attached hydrogen (secondary N) is 1. The van der Waals surface area contributed by atoms with Crippen LogP contribution in [0.3, 0.4) is 0 Å². The normalized spacial score (nSPS) is 10.7. The van der Waals surface area contributed by atoms with Crippen LogP contribution >= 0.6 is 0 Å². The molecule has 4 aromatic carbocycles. The highest BCUT2D eigenvalue weighted by molar-refractivity contribution is 5.85. The maximum absolute atomic E-state index is 6.02. The zero-order valence-corrected chi connectivity index (χ0v) is 15.5. The van der Waals surface area contributed by atoms with Crippen molar-refractivity contribution in [1.82, 2.24) is 0 Å². The number of para-hydroxylation sites is 1. The van der Waals surface area contributed by atoms with Gasteiger partial charge in [-0.15, -0.1) is 0 Å². The Bertz CT molecular complexity index is 1030. The van der Waals surface area contributed by atoms with Gasteiger partial charge in [0.25, 0.3) is 0 Å². The Morgan fingerprint density at radius 1 is 0.741 bits per heavy atom. The average molecular weight is 353 g/mol. The molecule has 0 atom stereocenters. The van der Waals surface area contributed by atoms with E-state index >= 15 is 0 Å². The van der Waals surface area contributed by atoms with Crippen LogP contribution in [0.15, 0.2) is 91.0 Å². The fourth-order valence-corrected chi connectivity index (χ4v) is 3.25. The van der Waals surface area contributed by atoms with Crippen molar-refractivity contribution in [2.45, 2.75) is 20.1 Å². The highest BCUT2D eigenvalue weighted by Crippen LogP contribution is 2.21. The van der Waals surface area contributed by atoms with E-state index in [0.29, 0.717) is 6.61 Å². The van der Waals surface area contributed by atoms with Gasteiger partial charge in [0.2, 0.25) is 0 Å². The Kier molecular flexibility index (Phi) is 5.06. The molecule has 27 heavy (non-hydrogen) atoms. The molecule has 0 spiro atoms. The first-order valence-corrected chi connectivity index (χ1v) is 9.27. The van der Waals surface area contributed by atoms with Gasteiger partial charge in [-0.2, -0.15) is 0 Å². The van der Waals surface area contributed by atoms with Crippen LogP contribution in [-0.4, -0.2) is 0 Å². The molecular formula is C25H23NO. The lowest BCUT2D eigenvalue weighted by Gasteiger charge is -2.11. The second-order valence-electron chi connectivity index (χ2n) is 6.74. The van der Waals surface area contributed by atoms with Crippen LogP contribution < -0.4 is 10.1 Å². The van der Waals surface area contributed by atoms with Gasteiger partial charge in [-0.3, -0.25) is 0 Å². The van der Waals surface area contributed by atoms with E-state index in [1.54, 1.807) is 0 Å². The molecule has 0 amide bonds. The highest BCUT2D eigenvalue weighted by Gasteiger charge is 2.02. The van der Waals surface area contributed by atoms with Gasteiger partial charge < -0.3 is 10.1 Å². The lowest BCUT2D eigenvalue weighted by molar-refractivity contribution is 0.307. The van der Waals surface area contributed by atoms with Crippen LogP contribution in [0, 0.1) is 6.92 Å². The molecule has 0 aromatic heterocycles. The van der Waals surface area contributed by atoms with Crippen LogP contribution in [0.2, 0.25) is 0 Å². The first-order valence-electron chi connectivity index (χ1n) is 9.27. The molecule has 2 heteroatoms. The van der Waals surface area contributed by atoms with E-state index < -0.39 is 0 Å². The van der Waals surface area contributed by atoms with Crippen molar-refractivity contribution >= 4 is 16.5 Å². The maximum Gasteiger partial charge on any atom is 0.119 e. The summed E-state index contributed by atoms with van der Waals surface area (Å²) >= 11 is 0. The summed E-state index contributed by atoms with van der Waals surface area (Å²) in [6, 6.07) is 31.4. The number of anilines is 1. The average Bonchev–Trinajstić information content (AvgIpc) is 2.72. The van der Waals surface area contributed by atoms with Gasteiger partial charge in [-0.1, -0.05) is 72.8 Å². The van der Waals surface area contributed by atoms with Gasteiger partial charge in [-0.05, 0) is 52.6 Å². The molecular weight excluding hydrogens is 330 g/mol. The van der Waals surface area contributed by atoms with Crippen molar-refractivity contribution in [3.05, 3.63) is 108 Å². The van der Waals surface area contributed by atoms with Gasteiger partial charge in [0.05, 0.1) is 0 Å². The lowest BCUT2D eigenvalue weighted by Crippen LogP contribution is -2.01. The molecule has 0 saturated heterocycles. The number of ether oxygens (including phenoxy) is 1. The molecule has 0 aliphatic heterocycles. The molecule has 0 aliphatic rings. The van der Waals surface area contributed by atoms with E-state index in [4.69, 9.17) is 4.74 Å². The third-order valence-electron chi connectivity index (χ3n) is 4.83. The van der Waals surface area contributed by atoms with Crippen LogP contribution in [0.4, 0.5) is 5.69 Å². The standard InChI is InChI=1S/C25H23NO/c1-19-7-2-5-12-25(19)26-17-20-13-15-23(16-14-20)27-18-22-10-6-9-21-8-3-4-11-24(21)22/h2-16,26H,17-18H2,1H3. The maximum atomic E-state index is 6.02. The Balaban J connectivity index is 1.38. The van der Waals surface area contributed by atoms with Gasteiger partial charge in [0.1, 0.15) is 12.4 Å². The van der Waals surface area contributed by atoms with Crippen molar-refractivity contribution in [3.63, 3.8) is 0 Å².